The summed E-state index contributed by atoms with van der Waals surface area (Å²) in [6, 6.07) is 9.43. The zero-order valence-electron chi connectivity index (χ0n) is 9.71. The molecule has 0 fully saturated rings. The molecule has 19 heavy (non-hydrogen) atoms. The molecule has 0 heterocycles. The second-order valence-corrected chi connectivity index (χ2v) is 5.88. The number of benzene rings is 2. The van der Waals surface area contributed by atoms with Crippen LogP contribution in [0.2, 0.25) is 10.0 Å². The van der Waals surface area contributed by atoms with Crippen LogP contribution in [0.4, 0.5) is 4.39 Å². The Morgan fingerprint density at radius 1 is 1.16 bits per heavy atom. The van der Waals surface area contributed by atoms with Crippen LogP contribution in [0, 0.1) is 5.82 Å². The number of aliphatic hydroxyl groups is 1. The Balaban J connectivity index is 2.27. The van der Waals surface area contributed by atoms with Crippen molar-refractivity contribution in [3.63, 3.8) is 0 Å². The van der Waals surface area contributed by atoms with E-state index in [1.54, 1.807) is 30.3 Å². The van der Waals surface area contributed by atoms with E-state index in [1.165, 1.54) is 6.07 Å². The number of rotatable bonds is 3. The summed E-state index contributed by atoms with van der Waals surface area (Å²) in [7, 11) is 0. The second kappa shape index (κ2) is 6.23. The highest BCUT2D eigenvalue weighted by Gasteiger charge is 2.15. The molecule has 0 saturated carbocycles. The normalized spacial score (nSPS) is 12.5. The molecule has 1 atom stereocenters. The highest BCUT2D eigenvalue weighted by Crippen LogP contribution is 2.29. The van der Waals surface area contributed by atoms with Gasteiger partial charge >= 0.3 is 0 Å². The molecule has 0 amide bonds. The van der Waals surface area contributed by atoms with Gasteiger partial charge in [-0.15, -0.1) is 0 Å². The van der Waals surface area contributed by atoms with Gasteiger partial charge in [0.2, 0.25) is 0 Å². The molecule has 0 aliphatic carbocycles. The average Bonchev–Trinajstić information content (AvgIpc) is 2.36. The predicted octanol–water partition coefficient (Wildman–Crippen LogP) is 5.17. The van der Waals surface area contributed by atoms with Crippen molar-refractivity contribution >= 4 is 39.1 Å². The maximum Gasteiger partial charge on any atom is 0.126 e. The smallest absolute Gasteiger partial charge is 0.126 e. The van der Waals surface area contributed by atoms with Crippen LogP contribution < -0.4 is 0 Å². The van der Waals surface area contributed by atoms with Crippen molar-refractivity contribution < 1.29 is 9.50 Å². The predicted molar refractivity (Wildman–Crippen MR) is 79.2 cm³/mol. The summed E-state index contributed by atoms with van der Waals surface area (Å²) in [5.41, 5.74) is 0.909. The summed E-state index contributed by atoms with van der Waals surface area (Å²) in [4.78, 5) is 0. The van der Waals surface area contributed by atoms with Crippen LogP contribution in [-0.4, -0.2) is 5.11 Å². The molecule has 2 aromatic carbocycles. The fourth-order valence-corrected chi connectivity index (χ4v) is 2.62. The Bertz CT molecular complexity index is 604. The van der Waals surface area contributed by atoms with E-state index in [4.69, 9.17) is 23.2 Å². The molecule has 1 N–H and O–H groups in total. The van der Waals surface area contributed by atoms with Crippen molar-refractivity contribution in [3.05, 3.63) is 67.9 Å². The van der Waals surface area contributed by atoms with Gasteiger partial charge in [0.25, 0.3) is 0 Å². The molecule has 0 aromatic heterocycles. The lowest BCUT2D eigenvalue weighted by atomic mass is 10.0. The van der Waals surface area contributed by atoms with Gasteiger partial charge in [-0.3, -0.25) is 0 Å². The molecule has 2 aromatic rings. The Morgan fingerprint density at radius 2 is 1.89 bits per heavy atom. The van der Waals surface area contributed by atoms with Gasteiger partial charge in [-0.1, -0.05) is 39.1 Å². The van der Waals surface area contributed by atoms with Gasteiger partial charge in [-0.05, 0) is 42.0 Å². The molecule has 0 aliphatic heterocycles. The summed E-state index contributed by atoms with van der Waals surface area (Å²) >= 11 is 15.1. The first-order valence-electron chi connectivity index (χ1n) is 5.54. The van der Waals surface area contributed by atoms with Gasteiger partial charge in [0, 0.05) is 26.5 Å². The summed E-state index contributed by atoms with van der Waals surface area (Å²) in [6.07, 6.45) is -0.777. The van der Waals surface area contributed by atoms with Gasteiger partial charge in [0.1, 0.15) is 5.82 Å². The van der Waals surface area contributed by atoms with E-state index in [0.717, 1.165) is 4.47 Å². The summed E-state index contributed by atoms with van der Waals surface area (Å²) in [5.74, 6) is -0.361. The van der Waals surface area contributed by atoms with E-state index in [0.29, 0.717) is 21.2 Å². The molecular formula is C14H10BrCl2FO. The Hall–Kier alpha value is -0.610. The molecule has 1 unspecified atom stereocenters. The van der Waals surface area contributed by atoms with Gasteiger partial charge in [-0.2, -0.15) is 0 Å². The number of aliphatic hydroxyl groups excluding tert-OH is 1. The average molecular weight is 364 g/mol. The highest BCUT2D eigenvalue weighted by atomic mass is 79.9. The lowest BCUT2D eigenvalue weighted by Crippen LogP contribution is -2.04. The Kier molecular flexibility index (Phi) is 4.85. The van der Waals surface area contributed by atoms with E-state index < -0.39 is 6.10 Å². The molecule has 0 radical (unpaired) electrons. The van der Waals surface area contributed by atoms with Crippen LogP contribution in [0.1, 0.15) is 17.2 Å². The van der Waals surface area contributed by atoms with Crippen LogP contribution >= 0.6 is 39.1 Å². The lowest BCUT2D eigenvalue weighted by Gasteiger charge is -2.14. The van der Waals surface area contributed by atoms with Crippen LogP contribution in [0.15, 0.2) is 40.9 Å². The van der Waals surface area contributed by atoms with Gasteiger partial charge < -0.3 is 5.11 Å². The third kappa shape index (κ3) is 3.69. The van der Waals surface area contributed by atoms with Crippen molar-refractivity contribution in [3.8, 4) is 0 Å². The zero-order chi connectivity index (χ0) is 14.0. The van der Waals surface area contributed by atoms with E-state index in [-0.39, 0.29) is 12.2 Å². The van der Waals surface area contributed by atoms with Gasteiger partial charge in [0.15, 0.2) is 0 Å². The van der Waals surface area contributed by atoms with Crippen molar-refractivity contribution in [2.45, 2.75) is 12.5 Å². The van der Waals surface area contributed by atoms with Gasteiger partial charge in [-0.25, -0.2) is 4.39 Å². The molecule has 100 valence electrons. The maximum atomic E-state index is 13.6. The molecule has 0 aliphatic rings. The summed E-state index contributed by atoms with van der Waals surface area (Å²) in [5, 5.41) is 11.1. The first kappa shape index (κ1) is 14.8. The largest absolute Gasteiger partial charge is 0.388 e. The minimum atomic E-state index is -0.907. The third-order valence-electron chi connectivity index (χ3n) is 2.74. The van der Waals surface area contributed by atoms with Gasteiger partial charge in [0.05, 0.1) is 6.10 Å². The minimum absolute atomic E-state index is 0.130. The van der Waals surface area contributed by atoms with Crippen LogP contribution in [0.25, 0.3) is 0 Å². The van der Waals surface area contributed by atoms with Crippen molar-refractivity contribution in [1.29, 1.82) is 0 Å². The van der Waals surface area contributed by atoms with Crippen molar-refractivity contribution in [1.82, 2.24) is 0 Å². The standard InChI is InChI=1S/C14H10BrCl2FO/c15-9-1-4-13(18)8(5-9)6-14(19)11-7-10(16)2-3-12(11)17/h1-5,7,14,19H,6H2. The van der Waals surface area contributed by atoms with Crippen molar-refractivity contribution in [2.24, 2.45) is 0 Å². The second-order valence-electron chi connectivity index (χ2n) is 4.12. The Labute approximate surface area is 129 Å². The topological polar surface area (TPSA) is 20.2 Å². The summed E-state index contributed by atoms with van der Waals surface area (Å²) in [6.45, 7) is 0. The van der Waals surface area contributed by atoms with Crippen LogP contribution in [0.5, 0.6) is 0 Å². The molecular weight excluding hydrogens is 354 g/mol. The third-order valence-corrected chi connectivity index (χ3v) is 3.81. The monoisotopic (exact) mass is 362 g/mol. The number of hydrogen-bond donors (Lipinski definition) is 1. The first-order valence-corrected chi connectivity index (χ1v) is 7.09. The maximum absolute atomic E-state index is 13.6. The van der Waals surface area contributed by atoms with Crippen LogP contribution in [0.3, 0.4) is 0 Å². The number of hydrogen-bond acceptors (Lipinski definition) is 1. The zero-order valence-corrected chi connectivity index (χ0v) is 12.8. The molecule has 0 spiro atoms. The van der Waals surface area contributed by atoms with E-state index in [1.807, 2.05) is 0 Å². The first-order chi connectivity index (χ1) is 8.97. The summed E-state index contributed by atoms with van der Waals surface area (Å²) < 4.78 is 14.4. The highest BCUT2D eigenvalue weighted by molar-refractivity contribution is 9.10. The quantitative estimate of drug-likeness (QED) is 0.797. The Morgan fingerprint density at radius 3 is 2.63 bits per heavy atom. The van der Waals surface area contributed by atoms with E-state index >= 15 is 0 Å². The van der Waals surface area contributed by atoms with Crippen molar-refractivity contribution in [2.75, 3.05) is 0 Å². The fourth-order valence-electron chi connectivity index (χ4n) is 1.79. The molecule has 5 heteroatoms. The van der Waals surface area contributed by atoms with E-state index in [9.17, 15) is 9.50 Å². The fraction of sp³-hybridized carbons (Fsp3) is 0.143. The SMILES string of the molecule is OC(Cc1cc(Br)ccc1F)c1cc(Cl)ccc1Cl. The molecule has 0 bridgehead atoms. The molecule has 0 saturated heterocycles. The minimum Gasteiger partial charge on any atom is -0.388 e. The molecule has 2 rings (SSSR count). The number of halogens is 4. The van der Waals surface area contributed by atoms with E-state index in [2.05, 4.69) is 15.9 Å². The van der Waals surface area contributed by atoms with Crippen LogP contribution in [-0.2, 0) is 6.42 Å². The lowest BCUT2D eigenvalue weighted by molar-refractivity contribution is 0.177. The molecule has 1 nitrogen and oxygen atoms in total.